The predicted molar refractivity (Wildman–Crippen MR) is 74.8 cm³/mol. The van der Waals surface area contributed by atoms with Gasteiger partial charge in [-0.3, -0.25) is 0 Å². The van der Waals surface area contributed by atoms with Crippen LogP contribution in [0.4, 0.5) is 5.82 Å². The summed E-state index contributed by atoms with van der Waals surface area (Å²) in [7, 11) is 2.20. The number of hydrogen-bond acceptors (Lipinski definition) is 4. The zero-order chi connectivity index (χ0) is 13.2. The lowest BCUT2D eigenvalue weighted by molar-refractivity contribution is 0.150. The number of likely N-dealkylation sites (tertiary alicyclic amines) is 1. The van der Waals surface area contributed by atoms with Crippen LogP contribution in [0.3, 0.4) is 0 Å². The molecule has 1 saturated heterocycles. The largest absolute Gasteiger partial charge is 0.369 e. The van der Waals surface area contributed by atoms with Crippen LogP contribution in [-0.4, -0.2) is 41.5 Å². The first-order chi connectivity index (χ1) is 8.47. The molecule has 1 aromatic heterocycles. The molecule has 0 atom stereocenters. The molecule has 0 spiro atoms. The summed E-state index contributed by atoms with van der Waals surface area (Å²) in [6.07, 6.45) is 2.50. The fourth-order valence-electron chi connectivity index (χ4n) is 2.45. The number of aromatic nitrogens is 2. The molecule has 2 heterocycles. The first-order valence-electron chi connectivity index (χ1n) is 6.72. The predicted octanol–water partition coefficient (Wildman–Crippen LogP) is 2.24. The molecule has 1 fully saturated rings. The Morgan fingerprint density at radius 3 is 2.56 bits per heavy atom. The highest BCUT2D eigenvalue weighted by atomic mass is 15.1. The van der Waals surface area contributed by atoms with Crippen LogP contribution in [0, 0.1) is 19.3 Å². The molecule has 0 saturated carbocycles. The van der Waals surface area contributed by atoms with Crippen LogP contribution in [0.25, 0.3) is 0 Å². The zero-order valence-electron chi connectivity index (χ0n) is 12.0. The quantitative estimate of drug-likeness (QED) is 0.890. The van der Waals surface area contributed by atoms with Gasteiger partial charge in [-0.2, -0.15) is 0 Å². The van der Waals surface area contributed by atoms with Crippen molar-refractivity contribution in [1.29, 1.82) is 0 Å². The average Bonchev–Trinajstić information content (AvgIpc) is 2.30. The van der Waals surface area contributed by atoms with E-state index in [0.29, 0.717) is 5.41 Å². The molecule has 1 aromatic rings. The number of nitrogens with zero attached hydrogens (tertiary/aromatic N) is 3. The van der Waals surface area contributed by atoms with Gasteiger partial charge in [-0.05, 0) is 52.2 Å². The van der Waals surface area contributed by atoms with Gasteiger partial charge in [-0.1, -0.05) is 6.92 Å². The molecule has 0 radical (unpaired) electrons. The maximum absolute atomic E-state index is 4.43. The number of anilines is 1. The molecule has 1 N–H and O–H groups in total. The maximum Gasteiger partial charge on any atom is 0.129 e. The number of nitrogens with one attached hydrogen (secondary N) is 1. The highest BCUT2D eigenvalue weighted by Crippen LogP contribution is 2.30. The molecule has 100 valence electrons. The molecular weight excluding hydrogens is 224 g/mol. The van der Waals surface area contributed by atoms with Gasteiger partial charge in [0, 0.05) is 18.3 Å². The van der Waals surface area contributed by atoms with Crippen LogP contribution in [0.5, 0.6) is 0 Å². The summed E-state index contributed by atoms with van der Waals surface area (Å²) in [6, 6.07) is 2.02. The van der Waals surface area contributed by atoms with E-state index in [4.69, 9.17) is 0 Å². The van der Waals surface area contributed by atoms with Gasteiger partial charge in [-0.15, -0.1) is 0 Å². The van der Waals surface area contributed by atoms with Gasteiger partial charge in [0.2, 0.25) is 0 Å². The lowest BCUT2D eigenvalue weighted by atomic mass is 9.80. The highest BCUT2D eigenvalue weighted by molar-refractivity contribution is 5.35. The third-order valence-electron chi connectivity index (χ3n) is 3.86. The minimum Gasteiger partial charge on any atom is -0.369 e. The lowest BCUT2D eigenvalue weighted by Crippen LogP contribution is -2.40. The van der Waals surface area contributed by atoms with Gasteiger partial charge >= 0.3 is 0 Å². The highest BCUT2D eigenvalue weighted by Gasteiger charge is 2.28. The van der Waals surface area contributed by atoms with E-state index in [2.05, 4.69) is 34.2 Å². The molecule has 4 heteroatoms. The summed E-state index contributed by atoms with van der Waals surface area (Å²) in [5.74, 6) is 1.80. The fourth-order valence-corrected chi connectivity index (χ4v) is 2.45. The van der Waals surface area contributed by atoms with Gasteiger partial charge < -0.3 is 10.2 Å². The van der Waals surface area contributed by atoms with E-state index in [9.17, 15) is 0 Å². The van der Waals surface area contributed by atoms with E-state index >= 15 is 0 Å². The average molecular weight is 248 g/mol. The third-order valence-corrected chi connectivity index (χ3v) is 3.86. The second kappa shape index (κ2) is 5.22. The van der Waals surface area contributed by atoms with Crippen LogP contribution < -0.4 is 5.32 Å². The minimum atomic E-state index is 0.388. The Labute approximate surface area is 110 Å². The second-order valence-corrected chi connectivity index (χ2v) is 5.91. The van der Waals surface area contributed by atoms with Crippen molar-refractivity contribution in [2.24, 2.45) is 5.41 Å². The van der Waals surface area contributed by atoms with Gasteiger partial charge in [0.15, 0.2) is 0 Å². The van der Waals surface area contributed by atoms with Crippen molar-refractivity contribution in [3.05, 3.63) is 17.6 Å². The normalized spacial score (nSPS) is 19.8. The minimum absolute atomic E-state index is 0.388. The molecule has 1 aliphatic rings. The summed E-state index contributed by atoms with van der Waals surface area (Å²) in [5, 5.41) is 3.48. The molecule has 0 aromatic carbocycles. The summed E-state index contributed by atoms with van der Waals surface area (Å²) < 4.78 is 0. The van der Waals surface area contributed by atoms with E-state index in [1.165, 1.54) is 25.9 Å². The summed E-state index contributed by atoms with van der Waals surface area (Å²) in [5.41, 5.74) is 1.41. The van der Waals surface area contributed by atoms with E-state index in [1.807, 2.05) is 19.9 Å². The monoisotopic (exact) mass is 248 g/mol. The van der Waals surface area contributed by atoms with Crippen LogP contribution in [-0.2, 0) is 0 Å². The molecule has 1 aliphatic heterocycles. The number of piperidine rings is 1. The van der Waals surface area contributed by atoms with Gasteiger partial charge in [-0.25, -0.2) is 9.97 Å². The molecule has 0 bridgehead atoms. The van der Waals surface area contributed by atoms with Crippen molar-refractivity contribution < 1.29 is 0 Å². The lowest BCUT2D eigenvalue weighted by Gasteiger charge is -2.38. The fraction of sp³-hybridized carbons (Fsp3) is 0.714. The zero-order valence-corrected chi connectivity index (χ0v) is 12.0. The van der Waals surface area contributed by atoms with Crippen molar-refractivity contribution in [2.75, 3.05) is 32.0 Å². The van der Waals surface area contributed by atoms with E-state index in [-0.39, 0.29) is 0 Å². The van der Waals surface area contributed by atoms with Crippen molar-refractivity contribution in [3.63, 3.8) is 0 Å². The topological polar surface area (TPSA) is 41.0 Å². The van der Waals surface area contributed by atoms with Crippen molar-refractivity contribution in [2.45, 2.75) is 33.6 Å². The first-order valence-corrected chi connectivity index (χ1v) is 6.72. The number of aryl methyl sites for hydroxylation is 2. The van der Waals surface area contributed by atoms with Crippen molar-refractivity contribution >= 4 is 5.82 Å². The van der Waals surface area contributed by atoms with Crippen LogP contribution in [0.1, 0.15) is 31.3 Å². The Hall–Kier alpha value is -1.16. The van der Waals surface area contributed by atoms with E-state index < -0.39 is 0 Å². The summed E-state index contributed by atoms with van der Waals surface area (Å²) >= 11 is 0. The first kappa shape index (κ1) is 13.3. The summed E-state index contributed by atoms with van der Waals surface area (Å²) in [6.45, 7) is 9.71. The molecule has 0 unspecified atom stereocenters. The Morgan fingerprint density at radius 1 is 1.28 bits per heavy atom. The van der Waals surface area contributed by atoms with Crippen LogP contribution in [0.15, 0.2) is 6.07 Å². The number of rotatable bonds is 3. The van der Waals surface area contributed by atoms with E-state index in [0.717, 1.165) is 23.9 Å². The van der Waals surface area contributed by atoms with Crippen LogP contribution >= 0.6 is 0 Å². The van der Waals surface area contributed by atoms with Crippen molar-refractivity contribution in [3.8, 4) is 0 Å². The van der Waals surface area contributed by atoms with Gasteiger partial charge in [0.05, 0.1) is 0 Å². The summed E-state index contributed by atoms with van der Waals surface area (Å²) in [4.78, 5) is 11.1. The Kier molecular flexibility index (Phi) is 3.85. The smallest absolute Gasteiger partial charge is 0.129 e. The molecule has 18 heavy (non-hydrogen) atoms. The molecule has 2 rings (SSSR count). The Bertz CT molecular complexity index is 388. The molecule has 0 aliphatic carbocycles. The Morgan fingerprint density at radius 2 is 1.94 bits per heavy atom. The van der Waals surface area contributed by atoms with Gasteiger partial charge in [0.1, 0.15) is 11.6 Å². The SMILES string of the molecule is Cc1cc(NCC2(C)CCN(C)CC2)nc(C)n1. The Balaban J connectivity index is 1.94. The van der Waals surface area contributed by atoms with Crippen molar-refractivity contribution in [1.82, 2.24) is 14.9 Å². The molecule has 4 nitrogen and oxygen atoms in total. The molecular formula is C14H24N4. The number of hydrogen-bond donors (Lipinski definition) is 1. The standard InChI is InChI=1S/C14H24N4/c1-11-9-13(17-12(2)16-11)15-10-14(3)5-7-18(4)8-6-14/h9H,5-8,10H2,1-4H3,(H,15,16,17). The third kappa shape index (κ3) is 3.42. The van der Waals surface area contributed by atoms with Crippen LogP contribution in [0.2, 0.25) is 0 Å². The molecule has 0 amide bonds. The van der Waals surface area contributed by atoms with E-state index in [1.54, 1.807) is 0 Å². The second-order valence-electron chi connectivity index (χ2n) is 5.91. The van der Waals surface area contributed by atoms with Gasteiger partial charge in [0.25, 0.3) is 0 Å². The maximum atomic E-state index is 4.43.